The van der Waals surface area contributed by atoms with Crippen molar-refractivity contribution < 1.29 is 14.3 Å². The van der Waals surface area contributed by atoms with E-state index in [9.17, 15) is 4.79 Å². The summed E-state index contributed by atoms with van der Waals surface area (Å²) in [5, 5.41) is 2.00. The van der Waals surface area contributed by atoms with Gasteiger partial charge in [0.15, 0.2) is 22.7 Å². The zero-order valence-electron chi connectivity index (χ0n) is 14.4. The molecule has 2 heterocycles. The molecular weight excluding hydrogens is 324 g/mol. The number of hydrogen-bond acceptors (Lipinski definition) is 5. The molecule has 0 aliphatic carbocycles. The highest BCUT2D eigenvalue weighted by Crippen LogP contribution is 2.36. The van der Waals surface area contributed by atoms with Gasteiger partial charge in [-0.1, -0.05) is 20.8 Å². The van der Waals surface area contributed by atoms with Crippen LogP contribution in [-0.4, -0.2) is 29.9 Å². The zero-order valence-corrected chi connectivity index (χ0v) is 15.2. The molecule has 0 radical (unpaired) electrons. The van der Waals surface area contributed by atoms with Crippen LogP contribution >= 0.6 is 11.3 Å². The number of imidazole rings is 1. The number of fused-ring (bicyclic) bond motifs is 1. The number of carbonyl (C=O) groups is 1. The third-order valence-electron chi connectivity index (χ3n) is 3.90. The number of methoxy groups -OCH3 is 2. The summed E-state index contributed by atoms with van der Waals surface area (Å²) in [5.41, 5.74) is 3.08. The third-order valence-corrected chi connectivity index (χ3v) is 4.73. The first-order valence-electron chi connectivity index (χ1n) is 7.58. The number of nitrogens with zero attached hydrogens (tertiary/aromatic N) is 2. The van der Waals surface area contributed by atoms with Crippen molar-refractivity contribution in [1.82, 2.24) is 9.38 Å². The number of benzene rings is 1. The first kappa shape index (κ1) is 16.5. The van der Waals surface area contributed by atoms with Crippen LogP contribution in [0.1, 0.15) is 37.0 Å². The Morgan fingerprint density at radius 1 is 1.17 bits per heavy atom. The molecule has 0 N–H and O–H groups in total. The van der Waals surface area contributed by atoms with Crippen LogP contribution in [0, 0.1) is 0 Å². The SMILES string of the molecule is COc1ccc(-c2csc3nc(C(C)(C)C)c(C=O)n23)cc1OC. The van der Waals surface area contributed by atoms with Crippen LogP contribution in [0.5, 0.6) is 11.5 Å². The Morgan fingerprint density at radius 2 is 1.88 bits per heavy atom. The van der Waals surface area contributed by atoms with E-state index in [2.05, 4.69) is 25.8 Å². The summed E-state index contributed by atoms with van der Waals surface area (Å²) in [6.07, 6.45) is 0.886. The highest BCUT2D eigenvalue weighted by atomic mass is 32.1. The molecule has 0 aliphatic heterocycles. The minimum atomic E-state index is -0.198. The number of carbonyl (C=O) groups excluding carboxylic acids is 1. The second-order valence-electron chi connectivity index (χ2n) is 6.52. The van der Waals surface area contributed by atoms with Gasteiger partial charge in [0.1, 0.15) is 5.69 Å². The summed E-state index contributed by atoms with van der Waals surface area (Å²) >= 11 is 1.52. The van der Waals surface area contributed by atoms with Gasteiger partial charge in [-0.2, -0.15) is 0 Å². The van der Waals surface area contributed by atoms with Crippen LogP contribution in [0.15, 0.2) is 23.6 Å². The van der Waals surface area contributed by atoms with Crippen molar-refractivity contribution in [2.75, 3.05) is 14.2 Å². The van der Waals surface area contributed by atoms with E-state index in [0.717, 1.165) is 28.2 Å². The third kappa shape index (κ3) is 2.57. The molecule has 0 unspecified atom stereocenters. The van der Waals surface area contributed by atoms with E-state index in [4.69, 9.17) is 9.47 Å². The molecule has 0 spiro atoms. The number of rotatable bonds is 4. The lowest BCUT2D eigenvalue weighted by atomic mass is 9.91. The minimum Gasteiger partial charge on any atom is -0.493 e. The molecule has 24 heavy (non-hydrogen) atoms. The van der Waals surface area contributed by atoms with Crippen molar-refractivity contribution >= 4 is 22.6 Å². The number of ether oxygens (including phenoxy) is 2. The summed E-state index contributed by atoms with van der Waals surface area (Å²) in [7, 11) is 3.22. The van der Waals surface area contributed by atoms with Crippen molar-refractivity contribution in [1.29, 1.82) is 0 Å². The molecule has 5 nitrogen and oxygen atoms in total. The molecule has 3 rings (SSSR count). The van der Waals surface area contributed by atoms with Gasteiger partial charge in [-0.3, -0.25) is 9.20 Å². The van der Waals surface area contributed by atoms with Crippen molar-refractivity contribution in [3.05, 3.63) is 35.0 Å². The molecule has 126 valence electrons. The standard InChI is InChI=1S/C18H20N2O3S/c1-18(2,3)16-12(9-21)20-13(10-24-17(20)19-16)11-6-7-14(22-4)15(8-11)23-5/h6-10H,1-5H3. The Bertz CT molecular complexity index is 903. The Balaban J connectivity index is 2.24. The average Bonchev–Trinajstić information content (AvgIpc) is 3.12. The molecule has 0 atom stereocenters. The first-order valence-corrected chi connectivity index (χ1v) is 8.46. The number of aldehydes is 1. The maximum Gasteiger partial charge on any atom is 0.195 e. The van der Waals surface area contributed by atoms with Crippen molar-refractivity contribution in [3.63, 3.8) is 0 Å². The first-order chi connectivity index (χ1) is 11.4. The molecule has 0 bridgehead atoms. The van der Waals surface area contributed by atoms with Gasteiger partial charge in [0.05, 0.1) is 25.6 Å². The largest absolute Gasteiger partial charge is 0.493 e. The number of thiazole rings is 1. The van der Waals surface area contributed by atoms with Gasteiger partial charge in [0.2, 0.25) is 0 Å². The van der Waals surface area contributed by atoms with E-state index in [0.29, 0.717) is 17.2 Å². The predicted molar refractivity (Wildman–Crippen MR) is 95.7 cm³/mol. The number of hydrogen-bond donors (Lipinski definition) is 0. The molecule has 0 saturated carbocycles. The van der Waals surface area contributed by atoms with Gasteiger partial charge in [-0.25, -0.2) is 4.98 Å². The minimum absolute atomic E-state index is 0.198. The van der Waals surface area contributed by atoms with Crippen LogP contribution in [0.3, 0.4) is 0 Å². The Kier molecular flexibility index (Phi) is 4.09. The van der Waals surface area contributed by atoms with E-state index in [1.54, 1.807) is 14.2 Å². The molecule has 0 amide bonds. The van der Waals surface area contributed by atoms with Crippen LogP contribution in [0.2, 0.25) is 0 Å². The fourth-order valence-electron chi connectivity index (χ4n) is 2.74. The monoisotopic (exact) mass is 344 g/mol. The van der Waals surface area contributed by atoms with E-state index in [1.807, 2.05) is 28.0 Å². The Morgan fingerprint density at radius 3 is 2.46 bits per heavy atom. The van der Waals surface area contributed by atoms with Gasteiger partial charge >= 0.3 is 0 Å². The van der Waals surface area contributed by atoms with E-state index >= 15 is 0 Å². The van der Waals surface area contributed by atoms with Crippen molar-refractivity contribution in [2.45, 2.75) is 26.2 Å². The van der Waals surface area contributed by atoms with E-state index < -0.39 is 0 Å². The summed E-state index contributed by atoms with van der Waals surface area (Å²) in [4.78, 5) is 17.2. The van der Waals surface area contributed by atoms with Gasteiger partial charge in [-0.05, 0) is 18.2 Å². The summed E-state index contributed by atoms with van der Waals surface area (Å²) in [6.45, 7) is 6.17. The molecule has 3 aromatic rings. The summed E-state index contributed by atoms with van der Waals surface area (Å²) in [5.74, 6) is 1.32. The second-order valence-corrected chi connectivity index (χ2v) is 7.36. The van der Waals surface area contributed by atoms with Crippen molar-refractivity contribution in [3.8, 4) is 22.8 Å². The molecule has 6 heteroatoms. The van der Waals surface area contributed by atoms with Gasteiger partial charge < -0.3 is 9.47 Å². The quantitative estimate of drug-likeness (QED) is 0.666. The van der Waals surface area contributed by atoms with Gasteiger partial charge in [0.25, 0.3) is 0 Å². The zero-order chi connectivity index (χ0) is 17.5. The van der Waals surface area contributed by atoms with Crippen LogP contribution < -0.4 is 9.47 Å². The molecule has 2 aromatic heterocycles. The van der Waals surface area contributed by atoms with Crippen LogP contribution in [0.4, 0.5) is 0 Å². The fraction of sp³-hybridized carbons (Fsp3) is 0.333. The lowest BCUT2D eigenvalue weighted by Gasteiger charge is -2.16. The fourth-order valence-corrected chi connectivity index (χ4v) is 3.64. The normalized spacial score (nSPS) is 11.7. The Labute approximate surface area is 144 Å². The maximum atomic E-state index is 11.8. The molecular formula is C18H20N2O3S. The van der Waals surface area contributed by atoms with Gasteiger partial charge in [0, 0.05) is 16.4 Å². The maximum absolute atomic E-state index is 11.8. The highest BCUT2D eigenvalue weighted by molar-refractivity contribution is 7.15. The lowest BCUT2D eigenvalue weighted by Crippen LogP contribution is -2.14. The molecule has 1 aromatic carbocycles. The number of aromatic nitrogens is 2. The topological polar surface area (TPSA) is 52.8 Å². The molecule has 0 fully saturated rings. The van der Waals surface area contributed by atoms with Crippen LogP contribution in [-0.2, 0) is 5.41 Å². The van der Waals surface area contributed by atoms with Crippen LogP contribution in [0.25, 0.3) is 16.2 Å². The lowest BCUT2D eigenvalue weighted by molar-refractivity contribution is 0.111. The van der Waals surface area contributed by atoms with Crippen molar-refractivity contribution in [2.24, 2.45) is 0 Å². The van der Waals surface area contributed by atoms with Gasteiger partial charge in [-0.15, -0.1) is 11.3 Å². The average molecular weight is 344 g/mol. The second kappa shape index (κ2) is 5.94. The predicted octanol–water partition coefficient (Wildman–Crippen LogP) is 4.19. The molecule has 0 saturated heterocycles. The summed E-state index contributed by atoms with van der Waals surface area (Å²) < 4.78 is 12.6. The summed E-state index contributed by atoms with van der Waals surface area (Å²) in [6, 6.07) is 5.72. The van der Waals surface area contributed by atoms with E-state index in [-0.39, 0.29) is 5.41 Å². The Hall–Kier alpha value is -2.34. The van der Waals surface area contributed by atoms with E-state index in [1.165, 1.54) is 11.3 Å². The highest BCUT2D eigenvalue weighted by Gasteiger charge is 2.26. The smallest absolute Gasteiger partial charge is 0.195 e. The molecule has 0 aliphatic rings.